The molecule has 2 aromatic rings. The average Bonchev–Trinajstić information content (AvgIpc) is 3.14. The van der Waals surface area contributed by atoms with E-state index in [0.717, 1.165) is 27.7 Å². The smallest absolute Gasteiger partial charge is 0.220 e. The number of carbonyl (C=O) groups is 1. The third kappa shape index (κ3) is 5.41. The Bertz CT molecular complexity index is 662. The topological polar surface area (TPSA) is 49.3 Å². The molecule has 134 valence electrons. The van der Waals surface area contributed by atoms with Gasteiger partial charge in [0.05, 0.1) is 6.54 Å². The van der Waals surface area contributed by atoms with Gasteiger partial charge in [0.2, 0.25) is 5.91 Å². The van der Waals surface area contributed by atoms with Crippen LogP contribution in [0.5, 0.6) is 0 Å². The second kappa shape index (κ2) is 9.16. The molecule has 1 aliphatic carbocycles. The first-order chi connectivity index (χ1) is 12.2. The van der Waals surface area contributed by atoms with Crippen molar-refractivity contribution in [1.82, 2.24) is 5.32 Å². The molecule has 1 saturated carbocycles. The van der Waals surface area contributed by atoms with Gasteiger partial charge in [0.15, 0.2) is 0 Å². The summed E-state index contributed by atoms with van der Waals surface area (Å²) in [5, 5.41) is 13.5. The molecular weight excluding hydrogens is 330 g/mol. The Morgan fingerprint density at radius 2 is 1.88 bits per heavy atom. The number of rotatable bonds is 7. The van der Waals surface area contributed by atoms with Crippen LogP contribution in [0, 0.1) is 5.92 Å². The van der Waals surface area contributed by atoms with E-state index in [1.165, 1.54) is 32.1 Å². The van der Waals surface area contributed by atoms with Gasteiger partial charge in [-0.15, -0.1) is 11.3 Å². The van der Waals surface area contributed by atoms with Crippen molar-refractivity contribution in [2.45, 2.75) is 57.6 Å². The van der Waals surface area contributed by atoms with Crippen molar-refractivity contribution in [3.63, 3.8) is 0 Å². The van der Waals surface area contributed by atoms with Gasteiger partial charge in [0, 0.05) is 16.2 Å². The third-order valence-corrected chi connectivity index (χ3v) is 6.17. The summed E-state index contributed by atoms with van der Waals surface area (Å²) in [4.78, 5) is 14.1. The second-order valence-corrected chi connectivity index (χ2v) is 8.14. The van der Waals surface area contributed by atoms with Crippen LogP contribution in [0.4, 0.5) is 0 Å². The lowest BCUT2D eigenvalue weighted by molar-refractivity contribution is -0.121. The summed E-state index contributed by atoms with van der Waals surface area (Å²) in [7, 11) is 0. The first-order valence-corrected chi connectivity index (χ1v) is 10.1. The lowest BCUT2D eigenvalue weighted by Crippen LogP contribution is -2.23. The van der Waals surface area contributed by atoms with Crippen LogP contribution < -0.4 is 5.32 Å². The summed E-state index contributed by atoms with van der Waals surface area (Å²) in [6, 6.07) is 13.6. The zero-order valence-corrected chi connectivity index (χ0v) is 15.4. The summed E-state index contributed by atoms with van der Waals surface area (Å²) < 4.78 is 0. The summed E-state index contributed by atoms with van der Waals surface area (Å²) in [6.45, 7) is 0.551. The van der Waals surface area contributed by atoms with Crippen molar-refractivity contribution in [3.05, 3.63) is 57.8 Å². The van der Waals surface area contributed by atoms with Gasteiger partial charge in [-0.2, -0.15) is 0 Å². The van der Waals surface area contributed by atoms with Crippen molar-refractivity contribution >= 4 is 17.2 Å². The Morgan fingerprint density at radius 1 is 1.12 bits per heavy atom. The number of hydrogen-bond donors (Lipinski definition) is 2. The van der Waals surface area contributed by atoms with Gasteiger partial charge in [-0.3, -0.25) is 4.79 Å². The molecule has 1 amide bonds. The molecule has 3 nitrogen and oxygen atoms in total. The SMILES string of the molecule is O=C(CCC1CCCCC1)NCc1ccc(C(O)c2ccccc2)s1. The normalized spacial score (nSPS) is 16.5. The maximum atomic E-state index is 12.1. The van der Waals surface area contributed by atoms with Gasteiger partial charge in [0.25, 0.3) is 0 Å². The fourth-order valence-corrected chi connectivity index (χ4v) is 4.49. The highest BCUT2D eigenvalue weighted by Crippen LogP contribution is 2.29. The number of hydrogen-bond acceptors (Lipinski definition) is 3. The number of nitrogens with one attached hydrogen (secondary N) is 1. The molecule has 1 unspecified atom stereocenters. The molecule has 0 saturated heterocycles. The first kappa shape index (κ1) is 18.2. The Balaban J connectivity index is 1.44. The Labute approximate surface area is 154 Å². The Hall–Kier alpha value is -1.65. The predicted octanol–water partition coefficient (Wildman–Crippen LogP) is 4.81. The van der Waals surface area contributed by atoms with Crippen LogP contribution in [0.15, 0.2) is 42.5 Å². The first-order valence-electron chi connectivity index (χ1n) is 9.30. The third-order valence-electron chi connectivity index (χ3n) is 5.03. The molecule has 0 spiro atoms. The largest absolute Gasteiger partial charge is 0.383 e. The average molecular weight is 358 g/mol. The minimum Gasteiger partial charge on any atom is -0.383 e. The summed E-state index contributed by atoms with van der Waals surface area (Å²) in [6.07, 6.45) is 7.66. The van der Waals surface area contributed by atoms with E-state index in [9.17, 15) is 9.90 Å². The minimum absolute atomic E-state index is 0.143. The molecule has 3 rings (SSSR count). The van der Waals surface area contributed by atoms with Gasteiger partial charge in [0.1, 0.15) is 6.10 Å². The van der Waals surface area contributed by atoms with Crippen LogP contribution >= 0.6 is 11.3 Å². The number of aliphatic hydroxyl groups is 1. The molecule has 4 heteroatoms. The van der Waals surface area contributed by atoms with E-state index < -0.39 is 6.10 Å². The number of carbonyl (C=O) groups excluding carboxylic acids is 1. The zero-order valence-electron chi connectivity index (χ0n) is 14.6. The number of aliphatic hydroxyl groups excluding tert-OH is 1. The molecule has 2 N–H and O–H groups in total. The van der Waals surface area contributed by atoms with Gasteiger partial charge in [-0.1, -0.05) is 62.4 Å². The van der Waals surface area contributed by atoms with Gasteiger partial charge >= 0.3 is 0 Å². The predicted molar refractivity (Wildman–Crippen MR) is 102 cm³/mol. The second-order valence-electron chi connectivity index (χ2n) is 6.94. The molecule has 1 fully saturated rings. The molecule has 1 aromatic heterocycles. The summed E-state index contributed by atoms with van der Waals surface area (Å²) in [5.41, 5.74) is 0.896. The molecule has 0 aliphatic heterocycles. The molecule has 1 aromatic carbocycles. The van der Waals surface area contributed by atoms with E-state index in [4.69, 9.17) is 0 Å². The molecular formula is C21H27NO2S. The van der Waals surface area contributed by atoms with Crippen molar-refractivity contribution in [3.8, 4) is 0 Å². The summed E-state index contributed by atoms with van der Waals surface area (Å²) in [5.74, 6) is 0.887. The zero-order chi connectivity index (χ0) is 17.5. The van der Waals surface area contributed by atoms with Crippen molar-refractivity contribution in [1.29, 1.82) is 0 Å². The van der Waals surface area contributed by atoms with E-state index in [0.29, 0.717) is 13.0 Å². The quantitative estimate of drug-likeness (QED) is 0.747. The van der Waals surface area contributed by atoms with Gasteiger partial charge in [-0.05, 0) is 30.0 Å². The number of amides is 1. The van der Waals surface area contributed by atoms with Crippen molar-refractivity contribution < 1.29 is 9.90 Å². The van der Waals surface area contributed by atoms with E-state index in [-0.39, 0.29) is 5.91 Å². The Morgan fingerprint density at radius 3 is 2.64 bits per heavy atom. The Kier molecular flexibility index (Phi) is 6.65. The molecule has 1 heterocycles. The van der Waals surface area contributed by atoms with Crippen molar-refractivity contribution in [2.75, 3.05) is 0 Å². The number of benzene rings is 1. The van der Waals surface area contributed by atoms with E-state index in [1.54, 1.807) is 11.3 Å². The standard InChI is InChI=1S/C21H27NO2S/c23-20(14-11-16-7-3-1-4-8-16)22-15-18-12-13-19(25-18)21(24)17-9-5-2-6-10-17/h2,5-6,9-10,12-13,16,21,24H,1,3-4,7-8,11,14-15H2,(H,22,23). The lowest BCUT2D eigenvalue weighted by Gasteiger charge is -2.20. The number of thiophene rings is 1. The maximum absolute atomic E-state index is 12.1. The monoisotopic (exact) mass is 357 g/mol. The fraction of sp³-hybridized carbons (Fsp3) is 0.476. The highest BCUT2D eigenvalue weighted by Gasteiger charge is 2.15. The van der Waals surface area contributed by atoms with Gasteiger partial charge in [-0.25, -0.2) is 0 Å². The van der Waals surface area contributed by atoms with Gasteiger partial charge < -0.3 is 10.4 Å². The van der Waals surface area contributed by atoms with Crippen LogP contribution in [-0.4, -0.2) is 11.0 Å². The van der Waals surface area contributed by atoms with E-state index in [1.807, 2.05) is 42.5 Å². The van der Waals surface area contributed by atoms with E-state index >= 15 is 0 Å². The molecule has 1 aliphatic rings. The highest BCUT2D eigenvalue weighted by molar-refractivity contribution is 7.12. The van der Waals surface area contributed by atoms with Crippen LogP contribution in [0.2, 0.25) is 0 Å². The fourth-order valence-electron chi connectivity index (χ4n) is 3.52. The molecule has 25 heavy (non-hydrogen) atoms. The van der Waals surface area contributed by atoms with E-state index in [2.05, 4.69) is 5.32 Å². The molecule has 0 radical (unpaired) electrons. The molecule has 1 atom stereocenters. The van der Waals surface area contributed by atoms with Crippen LogP contribution in [0.3, 0.4) is 0 Å². The van der Waals surface area contributed by atoms with Crippen LogP contribution in [-0.2, 0) is 11.3 Å². The molecule has 0 bridgehead atoms. The maximum Gasteiger partial charge on any atom is 0.220 e. The summed E-state index contributed by atoms with van der Waals surface area (Å²) >= 11 is 1.56. The van der Waals surface area contributed by atoms with Crippen molar-refractivity contribution in [2.24, 2.45) is 5.92 Å². The minimum atomic E-state index is -0.595. The van der Waals surface area contributed by atoms with Crippen LogP contribution in [0.25, 0.3) is 0 Å². The van der Waals surface area contributed by atoms with Crippen LogP contribution in [0.1, 0.15) is 66.4 Å². The highest BCUT2D eigenvalue weighted by atomic mass is 32.1. The lowest BCUT2D eigenvalue weighted by atomic mass is 9.86.